The fourth-order valence-electron chi connectivity index (χ4n) is 1.12. The topological polar surface area (TPSA) is 58.4 Å². The SMILES string of the molecule is CN(C)CC(=O)Nc1cc(N)ccc1Cl. The molecule has 0 spiro atoms. The van der Waals surface area contributed by atoms with E-state index in [1.807, 2.05) is 14.1 Å². The molecular formula is C10H14ClN3O. The summed E-state index contributed by atoms with van der Waals surface area (Å²) in [6.07, 6.45) is 0. The van der Waals surface area contributed by atoms with E-state index < -0.39 is 0 Å². The first-order valence-electron chi connectivity index (χ1n) is 4.48. The third-order valence-electron chi connectivity index (χ3n) is 1.72. The van der Waals surface area contributed by atoms with Crippen molar-refractivity contribution in [3.63, 3.8) is 0 Å². The molecule has 5 heteroatoms. The number of carbonyl (C=O) groups is 1. The fourth-order valence-corrected chi connectivity index (χ4v) is 1.28. The molecule has 0 unspecified atom stereocenters. The van der Waals surface area contributed by atoms with Crippen molar-refractivity contribution in [1.29, 1.82) is 0 Å². The number of rotatable bonds is 3. The van der Waals surface area contributed by atoms with E-state index in [0.29, 0.717) is 22.9 Å². The third-order valence-corrected chi connectivity index (χ3v) is 2.05. The van der Waals surface area contributed by atoms with E-state index >= 15 is 0 Å². The molecule has 0 aliphatic carbocycles. The number of anilines is 2. The van der Waals surface area contributed by atoms with Crippen LogP contribution in [0.2, 0.25) is 5.02 Å². The lowest BCUT2D eigenvalue weighted by Gasteiger charge is -2.11. The van der Waals surface area contributed by atoms with Gasteiger partial charge in [0.05, 0.1) is 17.3 Å². The van der Waals surface area contributed by atoms with E-state index in [2.05, 4.69) is 5.32 Å². The summed E-state index contributed by atoms with van der Waals surface area (Å²) in [6, 6.07) is 4.97. The molecule has 0 heterocycles. The van der Waals surface area contributed by atoms with Gasteiger partial charge in [-0.25, -0.2) is 0 Å². The maximum Gasteiger partial charge on any atom is 0.238 e. The number of halogens is 1. The number of nitrogens with two attached hydrogens (primary N) is 1. The molecule has 0 saturated carbocycles. The van der Waals surface area contributed by atoms with Crippen LogP contribution in [0, 0.1) is 0 Å². The van der Waals surface area contributed by atoms with Crippen molar-refractivity contribution in [1.82, 2.24) is 4.90 Å². The summed E-state index contributed by atoms with van der Waals surface area (Å²) in [5.41, 5.74) is 6.70. The Hall–Kier alpha value is -1.26. The van der Waals surface area contributed by atoms with Gasteiger partial charge in [0.25, 0.3) is 0 Å². The maximum absolute atomic E-state index is 11.4. The highest BCUT2D eigenvalue weighted by atomic mass is 35.5. The first-order valence-corrected chi connectivity index (χ1v) is 4.86. The van der Waals surface area contributed by atoms with E-state index in [-0.39, 0.29) is 5.91 Å². The molecular weight excluding hydrogens is 214 g/mol. The van der Waals surface area contributed by atoms with Crippen LogP contribution in [0.25, 0.3) is 0 Å². The Morgan fingerprint density at radius 2 is 2.20 bits per heavy atom. The molecule has 0 aliphatic heterocycles. The molecule has 4 nitrogen and oxygen atoms in total. The Morgan fingerprint density at radius 1 is 1.53 bits per heavy atom. The molecule has 1 aromatic rings. The van der Waals surface area contributed by atoms with Gasteiger partial charge in [0.15, 0.2) is 0 Å². The number of nitrogens with zero attached hydrogens (tertiary/aromatic N) is 1. The molecule has 0 aliphatic rings. The van der Waals surface area contributed by atoms with Gasteiger partial charge < -0.3 is 16.0 Å². The van der Waals surface area contributed by atoms with Crippen LogP contribution in [0.1, 0.15) is 0 Å². The number of hydrogen-bond donors (Lipinski definition) is 2. The van der Waals surface area contributed by atoms with Gasteiger partial charge in [-0.1, -0.05) is 11.6 Å². The fraction of sp³-hybridized carbons (Fsp3) is 0.300. The summed E-state index contributed by atoms with van der Waals surface area (Å²) < 4.78 is 0. The zero-order valence-corrected chi connectivity index (χ0v) is 9.51. The zero-order valence-electron chi connectivity index (χ0n) is 8.75. The largest absolute Gasteiger partial charge is 0.399 e. The lowest BCUT2D eigenvalue weighted by Crippen LogP contribution is -2.27. The monoisotopic (exact) mass is 227 g/mol. The molecule has 3 N–H and O–H groups in total. The summed E-state index contributed by atoms with van der Waals surface area (Å²) >= 11 is 5.89. The lowest BCUT2D eigenvalue weighted by molar-refractivity contribution is -0.116. The van der Waals surface area contributed by atoms with Crippen molar-refractivity contribution in [2.24, 2.45) is 0 Å². The van der Waals surface area contributed by atoms with Crippen molar-refractivity contribution >= 4 is 28.9 Å². The maximum atomic E-state index is 11.4. The highest BCUT2D eigenvalue weighted by molar-refractivity contribution is 6.33. The van der Waals surface area contributed by atoms with Crippen LogP contribution >= 0.6 is 11.6 Å². The Kier molecular flexibility index (Phi) is 3.94. The van der Waals surface area contributed by atoms with Crippen LogP contribution < -0.4 is 11.1 Å². The Labute approximate surface area is 94.0 Å². The van der Waals surface area contributed by atoms with Gasteiger partial charge in [0.2, 0.25) is 5.91 Å². The van der Waals surface area contributed by atoms with Crippen molar-refractivity contribution in [3.05, 3.63) is 23.2 Å². The van der Waals surface area contributed by atoms with E-state index in [1.165, 1.54) is 0 Å². The summed E-state index contributed by atoms with van der Waals surface area (Å²) in [5, 5.41) is 3.17. The van der Waals surface area contributed by atoms with E-state index in [4.69, 9.17) is 17.3 Å². The predicted molar refractivity (Wildman–Crippen MR) is 63.0 cm³/mol. The Bertz CT molecular complexity index is 366. The van der Waals surface area contributed by atoms with Gasteiger partial charge >= 0.3 is 0 Å². The number of nitrogens with one attached hydrogen (secondary N) is 1. The number of amides is 1. The molecule has 0 saturated heterocycles. The van der Waals surface area contributed by atoms with E-state index in [9.17, 15) is 4.79 Å². The quantitative estimate of drug-likeness (QED) is 0.768. The number of likely N-dealkylation sites (N-methyl/N-ethyl adjacent to an activating group) is 1. The van der Waals surface area contributed by atoms with Crippen molar-refractivity contribution in [2.75, 3.05) is 31.7 Å². The van der Waals surface area contributed by atoms with Gasteiger partial charge in [-0.05, 0) is 32.3 Å². The molecule has 1 amide bonds. The molecule has 15 heavy (non-hydrogen) atoms. The lowest BCUT2D eigenvalue weighted by atomic mass is 10.3. The molecule has 1 aromatic carbocycles. The summed E-state index contributed by atoms with van der Waals surface area (Å²) in [7, 11) is 3.64. The molecule has 0 bridgehead atoms. The molecule has 1 rings (SSSR count). The van der Waals surface area contributed by atoms with Crippen LogP contribution in [-0.4, -0.2) is 31.4 Å². The molecule has 82 valence electrons. The van der Waals surface area contributed by atoms with Crippen molar-refractivity contribution < 1.29 is 4.79 Å². The zero-order chi connectivity index (χ0) is 11.4. The molecule has 0 atom stereocenters. The Balaban J connectivity index is 2.71. The van der Waals surface area contributed by atoms with Gasteiger partial charge in [-0.2, -0.15) is 0 Å². The van der Waals surface area contributed by atoms with Gasteiger partial charge in [0, 0.05) is 5.69 Å². The number of hydrogen-bond acceptors (Lipinski definition) is 3. The highest BCUT2D eigenvalue weighted by Gasteiger charge is 2.06. The second kappa shape index (κ2) is 5.00. The normalized spacial score (nSPS) is 10.4. The van der Waals surface area contributed by atoms with Crippen LogP contribution in [0.3, 0.4) is 0 Å². The number of carbonyl (C=O) groups excluding carboxylic acids is 1. The second-order valence-electron chi connectivity index (χ2n) is 3.53. The van der Waals surface area contributed by atoms with E-state index in [1.54, 1.807) is 23.1 Å². The smallest absolute Gasteiger partial charge is 0.238 e. The minimum atomic E-state index is -0.118. The number of nitrogen functional groups attached to an aromatic ring is 1. The van der Waals surface area contributed by atoms with Gasteiger partial charge in [-0.3, -0.25) is 4.79 Å². The molecule has 0 fully saturated rings. The standard InChI is InChI=1S/C10H14ClN3O/c1-14(2)6-10(15)13-9-5-7(12)3-4-8(9)11/h3-5H,6,12H2,1-2H3,(H,13,15). The van der Waals surface area contributed by atoms with Crippen LogP contribution in [0.4, 0.5) is 11.4 Å². The average Bonchev–Trinajstić information content (AvgIpc) is 2.10. The average molecular weight is 228 g/mol. The van der Waals surface area contributed by atoms with Crippen molar-refractivity contribution in [2.45, 2.75) is 0 Å². The second-order valence-corrected chi connectivity index (χ2v) is 3.93. The minimum Gasteiger partial charge on any atom is -0.399 e. The molecule has 0 radical (unpaired) electrons. The van der Waals surface area contributed by atoms with Crippen LogP contribution in [-0.2, 0) is 4.79 Å². The number of benzene rings is 1. The first-order chi connectivity index (χ1) is 6.99. The Morgan fingerprint density at radius 3 is 2.80 bits per heavy atom. The summed E-state index contributed by atoms with van der Waals surface area (Å²) in [4.78, 5) is 13.2. The third kappa shape index (κ3) is 3.77. The van der Waals surface area contributed by atoms with Gasteiger partial charge in [0.1, 0.15) is 0 Å². The van der Waals surface area contributed by atoms with Crippen molar-refractivity contribution in [3.8, 4) is 0 Å². The predicted octanol–water partition coefficient (Wildman–Crippen LogP) is 1.42. The minimum absolute atomic E-state index is 0.118. The van der Waals surface area contributed by atoms with Crippen LogP contribution in [0.15, 0.2) is 18.2 Å². The first kappa shape index (κ1) is 11.8. The summed E-state index contributed by atoms with van der Waals surface area (Å²) in [6.45, 7) is 0.311. The molecule has 0 aromatic heterocycles. The van der Waals surface area contributed by atoms with Crippen LogP contribution in [0.5, 0.6) is 0 Å². The highest BCUT2D eigenvalue weighted by Crippen LogP contribution is 2.23. The summed E-state index contributed by atoms with van der Waals surface area (Å²) in [5.74, 6) is -0.118. The van der Waals surface area contributed by atoms with E-state index in [0.717, 1.165) is 0 Å². The van der Waals surface area contributed by atoms with Gasteiger partial charge in [-0.15, -0.1) is 0 Å².